The quantitative estimate of drug-likeness (QED) is 0.0212. The van der Waals surface area contributed by atoms with Gasteiger partial charge in [-0.15, -0.1) is 0 Å². The van der Waals surface area contributed by atoms with Crippen molar-refractivity contribution < 1.29 is 37.3 Å². The number of nitrogens with one attached hydrogen (secondary N) is 1. The van der Waals surface area contributed by atoms with Gasteiger partial charge in [-0.05, 0) is 115 Å². The Hall–Kier alpha value is -3.07. The van der Waals surface area contributed by atoms with Crippen molar-refractivity contribution in [2.24, 2.45) is 0 Å². The minimum atomic E-state index is -4.71. The van der Waals surface area contributed by atoms with E-state index >= 15 is 0 Å². The maximum atomic E-state index is 13.6. The number of carbonyl (C=O) groups excluding carboxylic acids is 2. The summed E-state index contributed by atoms with van der Waals surface area (Å²) in [5.74, 6) is -0.539. The van der Waals surface area contributed by atoms with Gasteiger partial charge in [0.1, 0.15) is 19.3 Å². The van der Waals surface area contributed by atoms with Crippen LogP contribution in [0.3, 0.4) is 0 Å². The molecule has 9 nitrogen and oxygen atoms in total. The topological polar surface area (TPSA) is 114 Å². The van der Waals surface area contributed by atoms with Crippen molar-refractivity contribution >= 4 is 19.7 Å². The zero-order chi connectivity index (χ0) is 65.6. The summed E-state index contributed by atoms with van der Waals surface area (Å²) in [5, 5.41) is 3.05. The van der Waals surface area contributed by atoms with Gasteiger partial charge in [0.25, 0.3) is 7.82 Å². The number of unbranched alkanes of at least 4 members (excludes halogenated alkanes) is 39. The molecule has 1 N–H and O–H groups in total. The lowest BCUT2D eigenvalue weighted by atomic mass is 10.0. The second-order valence-corrected chi connectivity index (χ2v) is 28.2. The van der Waals surface area contributed by atoms with E-state index < -0.39 is 26.6 Å². The Balaban J connectivity index is 5.00. The summed E-state index contributed by atoms with van der Waals surface area (Å²) in [4.78, 5) is 40.3. The van der Waals surface area contributed by atoms with Crippen LogP contribution < -0.4 is 10.2 Å². The molecule has 0 radical (unpaired) electrons. The summed E-state index contributed by atoms with van der Waals surface area (Å²) in [6.07, 6.45) is 93.9. The van der Waals surface area contributed by atoms with Gasteiger partial charge in [0.2, 0.25) is 5.91 Å². The molecular formula is C80H145N2O7P. The normalized spacial score (nSPS) is 14.0. The monoisotopic (exact) mass is 1280 g/mol. The van der Waals surface area contributed by atoms with Gasteiger partial charge in [0, 0.05) is 12.8 Å². The first-order valence-electron chi connectivity index (χ1n) is 38.0. The predicted octanol–water partition coefficient (Wildman–Crippen LogP) is 24.0. The summed E-state index contributed by atoms with van der Waals surface area (Å²) in [7, 11) is 1.18. The molecule has 90 heavy (non-hydrogen) atoms. The summed E-state index contributed by atoms with van der Waals surface area (Å²) in [6.45, 7) is 6.82. The maximum absolute atomic E-state index is 13.6. The van der Waals surface area contributed by atoms with E-state index in [9.17, 15) is 19.0 Å². The van der Waals surface area contributed by atoms with Crippen LogP contribution in [-0.4, -0.2) is 69.4 Å². The highest BCUT2D eigenvalue weighted by Crippen LogP contribution is 2.38. The van der Waals surface area contributed by atoms with E-state index in [0.717, 1.165) is 96.3 Å². The number of amides is 1. The van der Waals surface area contributed by atoms with E-state index in [0.29, 0.717) is 17.4 Å². The SMILES string of the molecule is CCCCC/C=C\C/C=C\C/C=C\C/C=C\CCCCCCCCCCCCCC(=O)NC(COP(=O)([O-])OCC[N+](C)(C)C)C(/C=C/CCCCCCCCCCCC)OC(=O)CCCCCCCCCCCCCC/C=C\C/C=C\C/C=C\CCCCC. The Morgan fingerprint density at radius 1 is 0.389 bits per heavy atom. The lowest BCUT2D eigenvalue weighted by Crippen LogP contribution is -2.47. The third-order valence-electron chi connectivity index (χ3n) is 16.7. The van der Waals surface area contributed by atoms with Gasteiger partial charge in [-0.2, -0.15) is 0 Å². The lowest BCUT2D eigenvalue weighted by molar-refractivity contribution is -0.870. The Bertz CT molecular complexity index is 1860. The van der Waals surface area contributed by atoms with Crippen molar-refractivity contribution in [2.75, 3.05) is 40.9 Å². The van der Waals surface area contributed by atoms with Crippen LogP contribution in [0.2, 0.25) is 0 Å². The first-order valence-corrected chi connectivity index (χ1v) is 39.5. The molecule has 0 rings (SSSR count). The van der Waals surface area contributed by atoms with E-state index in [1.54, 1.807) is 0 Å². The lowest BCUT2D eigenvalue weighted by Gasteiger charge is -2.30. The number of esters is 1. The van der Waals surface area contributed by atoms with Crippen LogP contribution in [0, 0.1) is 0 Å². The molecule has 3 atom stereocenters. The molecular weight excluding hydrogens is 1130 g/mol. The molecule has 0 bridgehead atoms. The Morgan fingerprint density at radius 2 is 0.678 bits per heavy atom. The highest BCUT2D eigenvalue weighted by atomic mass is 31.2. The van der Waals surface area contributed by atoms with E-state index in [1.807, 2.05) is 33.3 Å². The van der Waals surface area contributed by atoms with Crippen molar-refractivity contribution in [2.45, 2.75) is 360 Å². The fraction of sp³-hybridized carbons (Fsp3) is 0.775. The molecule has 0 saturated heterocycles. The summed E-state index contributed by atoms with van der Waals surface area (Å²) >= 11 is 0. The van der Waals surface area contributed by atoms with Gasteiger partial charge in [-0.25, -0.2) is 0 Å². The molecule has 0 spiro atoms. The van der Waals surface area contributed by atoms with E-state index in [-0.39, 0.29) is 24.9 Å². The summed E-state index contributed by atoms with van der Waals surface area (Å²) < 4.78 is 30.5. The molecule has 0 aromatic carbocycles. The number of carbonyl (C=O) groups is 2. The Labute approximate surface area is 558 Å². The highest BCUT2D eigenvalue weighted by Gasteiger charge is 2.27. The molecule has 0 aromatic rings. The molecule has 10 heteroatoms. The Kier molecular flexibility index (Phi) is 66.4. The molecule has 0 aliphatic rings. The molecule has 0 aromatic heterocycles. The number of phosphoric acid groups is 1. The minimum Gasteiger partial charge on any atom is -0.756 e. The van der Waals surface area contributed by atoms with Crippen molar-refractivity contribution in [3.63, 3.8) is 0 Å². The summed E-state index contributed by atoms with van der Waals surface area (Å²) in [6, 6.07) is -0.897. The molecule has 0 saturated carbocycles. The molecule has 0 fully saturated rings. The van der Waals surface area contributed by atoms with Crippen molar-refractivity contribution in [3.05, 3.63) is 97.2 Å². The molecule has 0 aliphatic heterocycles. The number of hydrogen-bond donors (Lipinski definition) is 1. The molecule has 3 unspecified atom stereocenters. The number of nitrogens with zero attached hydrogens (tertiary/aromatic N) is 1. The molecule has 1 amide bonds. The predicted molar refractivity (Wildman–Crippen MR) is 390 cm³/mol. The minimum absolute atomic E-state index is 0.0260. The third kappa shape index (κ3) is 69.3. The van der Waals surface area contributed by atoms with Gasteiger partial charge in [-0.1, -0.05) is 317 Å². The number of ether oxygens (including phenoxy) is 1. The number of likely N-dealkylation sites (N-methyl/N-ethyl adjacent to an activating group) is 1. The average Bonchev–Trinajstić information content (AvgIpc) is 3.04. The van der Waals surface area contributed by atoms with Gasteiger partial charge < -0.3 is 28.5 Å². The number of rotatable bonds is 69. The van der Waals surface area contributed by atoms with Crippen LogP contribution in [0.5, 0.6) is 0 Å². The van der Waals surface area contributed by atoms with Crippen LogP contribution in [0.1, 0.15) is 348 Å². The van der Waals surface area contributed by atoms with Gasteiger partial charge in [0.05, 0.1) is 33.8 Å². The van der Waals surface area contributed by atoms with E-state index in [4.69, 9.17) is 13.8 Å². The van der Waals surface area contributed by atoms with Crippen molar-refractivity contribution in [1.82, 2.24) is 5.32 Å². The van der Waals surface area contributed by atoms with Crippen LogP contribution in [0.15, 0.2) is 97.2 Å². The second-order valence-electron chi connectivity index (χ2n) is 26.8. The average molecular weight is 1280 g/mol. The van der Waals surface area contributed by atoms with Crippen LogP contribution in [-0.2, 0) is 27.9 Å². The zero-order valence-corrected chi connectivity index (χ0v) is 60.7. The largest absolute Gasteiger partial charge is 0.756 e. The molecule has 522 valence electrons. The fourth-order valence-electron chi connectivity index (χ4n) is 10.9. The highest BCUT2D eigenvalue weighted by molar-refractivity contribution is 7.45. The smallest absolute Gasteiger partial charge is 0.306 e. The second kappa shape index (κ2) is 68.8. The molecule has 0 aliphatic carbocycles. The number of quaternary nitrogens is 1. The summed E-state index contributed by atoms with van der Waals surface area (Å²) in [5.41, 5.74) is 0. The standard InChI is InChI=1S/C80H145N2O7P/c1-7-10-13-16-19-22-25-28-30-32-34-36-38-40-41-43-44-46-48-50-52-54-57-60-63-66-69-72-79(83)81-77(76-88-90(85,86)87-75-74-82(4,5)6)78(71-68-65-62-59-56-27-24-21-18-15-12-9-3)89-80(84)73-70-67-64-61-58-55-53-51-49-47-45-42-39-37-35-33-31-29-26-23-20-17-14-11-8-2/h19-20,22-23,28-31,34-37,40-41,68,71,77-78H,7-18,21,24-27,32-33,38-39,42-67,69-70,72-76H2,1-6H3,(H-,81,83,85,86)/b22-19-,23-20-,30-28-,31-29-,36-34-,37-35-,41-40-,71-68+. The Morgan fingerprint density at radius 3 is 1.03 bits per heavy atom. The van der Waals surface area contributed by atoms with Crippen molar-refractivity contribution in [1.29, 1.82) is 0 Å². The maximum Gasteiger partial charge on any atom is 0.306 e. The van der Waals surface area contributed by atoms with Crippen LogP contribution in [0.4, 0.5) is 0 Å². The number of hydrogen-bond acceptors (Lipinski definition) is 7. The van der Waals surface area contributed by atoms with Crippen LogP contribution in [0.25, 0.3) is 0 Å². The van der Waals surface area contributed by atoms with E-state index in [1.165, 1.54) is 218 Å². The van der Waals surface area contributed by atoms with Crippen molar-refractivity contribution in [3.8, 4) is 0 Å². The number of allylic oxidation sites excluding steroid dienone is 15. The first-order chi connectivity index (χ1) is 43.9. The van der Waals surface area contributed by atoms with Gasteiger partial charge in [-0.3, -0.25) is 14.2 Å². The third-order valence-corrected chi connectivity index (χ3v) is 17.7. The zero-order valence-electron chi connectivity index (χ0n) is 59.8. The van der Waals surface area contributed by atoms with Gasteiger partial charge >= 0.3 is 5.97 Å². The first kappa shape index (κ1) is 86.9. The number of phosphoric ester groups is 1. The van der Waals surface area contributed by atoms with Gasteiger partial charge in [0.15, 0.2) is 0 Å². The molecule has 0 heterocycles. The fourth-order valence-corrected chi connectivity index (χ4v) is 11.6. The van der Waals surface area contributed by atoms with E-state index in [2.05, 4.69) is 111 Å². The van der Waals surface area contributed by atoms with Crippen LogP contribution >= 0.6 is 7.82 Å².